The standard InChI is InChI=1S/C10H10F4O2/c11-8-2-1-3-9(6-8)16-5-4-15-7-10(12,13)14/h1-3,6H,4-5,7H2. The van der Waals surface area contributed by atoms with Crippen molar-refractivity contribution < 1.29 is 27.0 Å². The van der Waals surface area contributed by atoms with E-state index in [1.165, 1.54) is 18.2 Å². The normalized spacial score (nSPS) is 11.5. The Kier molecular flexibility index (Phi) is 4.54. The average Bonchev–Trinajstić information content (AvgIpc) is 2.15. The summed E-state index contributed by atoms with van der Waals surface area (Å²) in [5.41, 5.74) is 0. The lowest BCUT2D eigenvalue weighted by molar-refractivity contribution is -0.175. The molecule has 6 heteroatoms. The van der Waals surface area contributed by atoms with Crippen molar-refractivity contribution in [2.45, 2.75) is 6.18 Å². The minimum absolute atomic E-state index is 0.0560. The lowest BCUT2D eigenvalue weighted by Gasteiger charge is -2.08. The van der Waals surface area contributed by atoms with E-state index in [1.54, 1.807) is 0 Å². The molecule has 90 valence electrons. The van der Waals surface area contributed by atoms with Gasteiger partial charge in [-0.1, -0.05) is 6.07 Å². The summed E-state index contributed by atoms with van der Waals surface area (Å²) in [6.07, 6.45) is -4.33. The zero-order chi connectivity index (χ0) is 12.0. The van der Waals surface area contributed by atoms with Gasteiger partial charge in [0.05, 0.1) is 6.61 Å². The van der Waals surface area contributed by atoms with Crippen LogP contribution in [0.2, 0.25) is 0 Å². The Morgan fingerprint density at radius 2 is 1.88 bits per heavy atom. The van der Waals surface area contributed by atoms with Crippen LogP contribution >= 0.6 is 0 Å². The van der Waals surface area contributed by atoms with Gasteiger partial charge in [-0.25, -0.2) is 4.39 Å². The van der Waals surface area contributed by atoms with Crippen LogP contribution in [-0.2, 0) is 4.74 Å². The number of hydrogen-bond donors (Lipinski definition) is 0. The highest BCUT2D eigenvalue weighted by Crippen LogP contribution is 2.14. The Morgan fingerprint density at radius 3 is 2.50 bits per heavy atom. The van der Waals surface area contributed by atoms with Gasteiger partial charge in [0.15, 0.2) is 0 Å². The monoisotopic (exact) mass is 238 g/mol. The van der Waals surface area contributed by atoms with E-state index in [1.807, 2.05) is 0 Å². The third-order valence-electron chi connectivity index (χ3n) is 1.56. The fourth-order valence-electron chi connectivity index (χ4n) is 0.963. The third-order valence-corrected chi connectivity index (χ3v) is 1.56. The van der Waals surface area contributed by atoms with Gasteiger partial charge in [-0.3, -0.25) is 0 Å². The van der Waals surface area contributed by atoms with Crippen LogP contribution in [0.1, 0.15) is 0 Å². The van der Waals surface area contributed by atoms with E-state index >= 15 is 0 Å². The molecule has 0 fully saturated rings. The summed E-state index contributed by atoms with van der Waals surface area (Å²) in [4.78, 5) is 0. The Labute approximate surface area is 89.8 Å². The molecule has 1 rings (SSSR count). The quantitative estimate of drug-likeness (QED) is 0.580. The molecular weight excluding hydrogens is 228 g/mol. The maximum absolute atomic E-state index is 12.6. The summed E-state index contributed by atoms with van der Waals surface area (Å²) in [5, 5.41) is 0. The Balaban J connectivity index is 2.17. The molecule has 0 aromatic heterocycles. The van der Waals surface area contributed by atoms with Crippen molar-refractivity contribution in [1.82, 2.24) is 0 Å². The number of alkyl halides is 3. The number of benzene rings is 1. The van der Waals surface area contributed by atoms with Crippen LogP contribution in [0, 0.1) is 5.82 Å². The van der Waals surface area contributed by atoms with Gasteiger partial charge >= 0.3 is 6.18 Å². The molecule has 0 unspecified atom stereocenters. The van der Waals surface area contributed by atoms with Crippen molar-refractivity contribution in [3.05, 3.63) is 30.1 Å². The first-order valence-corrected chi connectivity index (χ1v) is 4.50. The number of halogens is 4. The lowest BCUT2D eigenvalue weighted by atomic mass is 10.3. The third kappa shape index (κ3) is 5.55. The van der Waals surface area contributed by atoms with E-state index in [0.717, 1.165) is 6.07 Å². The first-order chi connectivity index (χ1) is 7.47. The summed E-state index contributed by atoms with van der Waals surface area (Å²) in [6, 6.07) is 5.34. The van der Waals surface area contributed by atoms with E-state index in [0.29, 0.717) is 0 Å². The second-order valence-electron chi connectivity index (χ2n) is 2.97. The SMILES string of the molecule is Fc1cccc(OCCOCC(F)(F)F)c1. The second-order valence-corrected chi connectivity index (χ2v) is 2.97. The molecule has 0 aliphatic carbocycles. The van der Waals surface area contributed by atoms with E-state index < -0.39 is 18.6 Å². The molecule has 0 spiro atoms. The number of hydrogen-bond acceptors (Lipinski definition) is 2. The molecule has 0 bridgehead atoms. The van der Waals surface area contributed by atoms with Gasteiger partial charge in [0.2, 0.25) is 0 Å². The number of ether oxygens (including phenoxy) is 2. The number of rotatable bonds is 5. The van der Waals surface area contributed by atoms with Crippen molar-refractivity contribution in [2.24, 2.45) is 0 Å². The summed E-state index contributed by atoms with van der Waals surface area (Å²) in [6.45, 7) is -1.56. The van der Waals surface area contributed by atoms with E-state index in [4.69, 9.17) is 4.74 Å². The van der Waals surface area contributed by atoms with Crippen molar-refractivity contribution in [3.63, 3.8) is 0 Å². The van der Waals surface area contributed by atoms with Gasteiger partial charge in [-0.05, 0) is 12.1 Å². The van der Waals surface area contributed by atoms with Crippen molar-refractivity contribution in [2.75, 3.05) is 19.8 Å². The fraction of sp³-hybridized carbons (Fsp3) is 0.400. The van der Waals surface area contributed by atoms with Crippen LogP contribution in [0.4, 0.5) is 17.6 Å². The molecule has 0 heterocycles. The van der Waals surface area contributed by atoms with Gasteiger partial charge in [0.1, 0.15) is 24.8 Å². The molecule has 0 saturated heterocycles. The van der Waals surface area contributed by atoms with Gasteiger partial charge in [-0.15, -0.1) is 0 Å². The van der Waals surface area contributed by atoms with Crippen LogP contribution in [0.3, 0.4) is 0 Å². The summed E-state index contributed by atoms with van der Waals surface area (Å²) < 4.78 is 56.8. The fourth-order valence-corrected chi connectivity index (χ4v) is 0.963. The molecule has 0 amide bonds. The molecule has 0 N–H and O–H groups in total. The molecule has 0 saturated carbocycles. The largest absolute Gasteiger partial charge is 0.491 e. The molecule has 1 aromatic rings. The Bertz CT molecular complexity index is 325. The van der Waals surface area contributed by atoms with Crippen molar-refractivity contribution in [1.29, 1.82) is 0 Å². The highest BCUT2D eigenvalue weighted by Gasteiger charge is 2.27. The Morgan fingerprint density at radius 1 is 1.12 bits per heavy atom. The van der Waals surface area contributed by atoms with E-state index in [-0.39, 0.29) is 19.0 Å². The minimum Gasteiger partial charge on any atom is -0.491 e. The molecule has 0 radical (unpaired) electrons. The molecule has 2 nitrogen and oxygen atoms in total. The smallest absolute Gasteiger partial charge is 0.411 e. The molecular formula is C10H10F4O2. The van der Waals surface area contributed by atoms with Gasteiger partial charge in [0.25, 0.3) is 0 Å². The molecule has 0 atom stereocenters. The minimum atomic E-state index is -4.33. The molecule has 0 aliphatic heterocycles. The molecule has 1 aromatic carbocycles. The zero-order valence-electron chi connectivity index (χ0n) is 8.26. The Hall–Kier alpha value is -1.30. The summed E-state index contributed by atoms with van der Waals surface area (Å²) >= 11 is 0. The molecule has 16 heavy (non-hydrogen) atoms. The van der Waals surface area contributed by atoms with Gasteiger partial charge in [0, 0.05) is 6.07 Å². The van der Waals surface area contributed by atoms with Crippen LogP contribution in [0.5, 0.6) is 5.75 Å². The second kappa shape index (κ2) is 5.69. The van der Waals surface area contributed by atoms with Crippen LogP contribution in [0.25, 0.3) is 0 Å². The average molecular weight is 238 g/mol. The van der Waals surface area contributed by atoms with Crippen molar-refractivity contribution in [3.8, 4) is 5.75 Å². The van der Waals surface area contributed by atoms with Crippen LogP contribution < -0.4 is 4.74 Å². The first-order valence-electron chi connectivity index (χ1n) is 4.50. The highest BCUT2D eigenvalue weighted by atomic mass is 19.4. The molecule has 0 aliphatic rings. The van der Waals surface area contributed by atoms with Crippen LogP contribution in [0.15, 0.2) is 24.3 Å². The topological polar surface area (TPSA) is 18.5 Å². The lowest BCUT2D eigenvalue weighted by Crippen LogP contribution is -2.19. The summed E-state index contributed by atoms with van der Waals surface area (Å²) in [7, 11) is 0. The van der Waals surface area contributed by atoms with Crippen molar-refractivity contribution >= 4 is 0 Å². The highest BCUT2D eigenvalue weighted by molar-refractivity contribution is 5.22. The van der Waals surface area contributed by atoms with Gasteiger partial charge in [-0.2, -0.15) is 13.2 Å². The van der Waals surface area contributed by atoms with Gasteiger partial charge < -0.3 is 9.47 Å². The predicted molar refractivity (Wildman–Crippen MR) is 48.8 cm³/mol. The van der Waals surface area contributed by atoms with E-state index in [9.17, 15) is 17.6 Å². The summed E-state index contributed by atoms with van der Waals surface area (Å²) in [5.74, 6) is -0.204. The van der Waals surface area contributed by atoms with Crippen LogP contribution in [-0.4, -0.2) is 26.0 Å². The predicted octanol–water partition coefficient (Wildman–Crippen LogP) is 2.78. The zero-order valence-corrected chi connectivity index (χ0v) is 8.26. The first kappa shape index (κ1) is 12.8. The maximum atomic E-state index is 12.6. The van der Waals surface area contributed by atoms with E-state index in [2.05, 4.69) is 4.74 Å². The maximum Gasteiger partial charge on any atom is 0.411 e.